The summed E-state index contributed by atoms with van der Waals surface area (Å²) in [5.74, 6) is -0.0700. The Balaban J connectivity index is 1.63. The molecule has 114 valence electrons. The standard InChI is InChI=1S/C16H23N3O2/c17-15-4-1-3-14(13-15)5-6-16(20)18-7-2-8-19-9-11-21-12-10-19/h1,3-6,13H,2,7-12,17H2,(H,18,20)/b6-5+. The smallest absolute Gasteiger partial charge is 0.243 e. The second-order valence-electron chi connectivity index (χ2n) is 5.10. The molecule has 1 aromatic rings. The topological polar surface area (TPSA) is 67.6 Å². The van der Waals surface area contributed by atoms with E-state index in [-0.39, 0.29) is 5.91 Å². The van der Waals surface area contributed by atoms with Crippen LogP contribution < -0.4 is 11.1 Å². The lowest BCUT2D eigenvalue weighted by molar-refractivity contribution is -0.116. The number of nitrogens with one attached hydrogen (secondary N) is 1. The first-order valence-electron chi connectivity index (χ1n) is 7.35. The van der Waals surface area contributed by atoms with Gasteiger partial charge in [0.1, 0.15) is 0 Å². The third-order valence-corrected chi connectivity index (χ3v) is 3.39. The number of hydrogen-bond donors (Lipinski definition) is 2. The van der Waals surface area contributed by atoms with E-state index < -0.39 is 0 Å². The third kappa shape index (κ3) is 5.97. The van der Waals surface area contributed by atoms with Crippen LogP contribution in [-0.2, 0) is 9.53 Å². The van der Waals surface area contributed by atoms with Crippen LogP contribution in [0.4, 0.5) is 5.69 Å². The average Bonchev–Trinajstić information content (AvgIpc) is 2.51. The Morgan fingerprint density at radius 1 is 1.38 bits per heavy atom. The van der Waals surface area contributed by atoms with Crippen molar-refractivity contribution in [2.75, 3.05) is 45.1 Å². The van der Waals surface area contributed by atoms with Gasteiger partial charge in [0, 0.05) is 31.4 Å². The Kier molecular flexibility index (Phi) is 6.24. The molecular weight excluding hydrogens is 266 g/mol. The summed E-state index contributed by atoms with van der Waals surface area (Å²) in [6, 6.07) is 7.44. The minimum atomic E-state index is -0.0700. The minimum Gasteiger partial charge on any atom is -0.399 e. The van der Waals surface area contributed by atoms with E-state index in [0.29, 0.717) is 12.2 Å². The van der Waals surface area contributed by atoms with E-state index in [9.17, 15) is 4.79 Å². The van der Waals surface area contributed by atoms with Gasteiger partial charge in [-0.1, -0.05) is 12.1 Å². The molecule has 5 heteroatoms. The van der Waals surface area contributed by atoms with Gasteiger partial charge in [-0.15, -0.1) is 0 Å². The zero-order valence-electron chi connectivity index (χ0n) is 12.3. The summed E-state index contributed by atoms with van der Waals surface area (Å²) in [5.41, 5.74) is 7.31. The monoisotopic (exact) mass is 289 g/mol. The lowest BCUT2D eigenvalue weighted by atomic mass is 10.2. The van der Waals surface area contributed by atoms with Crippen molar-refractivity contribution in [3.8, 4) is 0 Å². The van der Waals surface area contributed by atoms with Gasteiger partial charge in [-0.3, -0.25) is 9.69 Å². The molecule has 1 heterocycles. The highest BCUT2D eigenvalue weighted by atomic mass is 16.5. The van der Waals surface area contributed by atoms with Crippen LogP contribution in [0.3, 0.4) is 0 Å². The maximum Gasteiger partial charge on any atom is 0.243 e. The lowest BCUT2D eigenvalue weighted by Crippen LogP contribution is -2.38. The molecule has 21 heavy (non-hydrogen) atoms. The van der Waals surface area contributed by atoms with E-state index in [1.807, 2.05) is 24.3 Å². The normalized spacial score (nSPS) is 16.2. The molecule has 5 nitrogen and oxygen atoms in total. The Morgan fingerprint density at radius 2 is 2.19 bits per heavy atom. The molecule has 0 spiro atoms. The summed E-state index contributed by atoms with van der Waals surface area (Å²) < 4.78 is 5.30. The fourth-order valence-corrected chi connectivity index (χ4v) is 2.23. The first-order chi connectivity index (χ1) is 10.2. The molecule has 1 aromatic carbocycles. The first-order valence-corrected chi connectivity index (χ1v) is 7.35. The van der Waals surface area contributed by atoms with Gasteiger partial charge in [-0.05, 0) is 36.7 Å². The van der Waals surface area contributed by atoms with Crippen LogP contribution in [-0.4, -0.2) is 50.2 Å². The number of benzene rings is 1. The maximum atomic E-state index is 11.7. The van der Waals surface area contributed by atoms with E-state index >= 15 is 0 Å². The number of nitrogens with zero attached hydrogens (tertiary/aromatic N) is 1. The van der Waals surface area contributed by atoms with E-state index in [1.54, 1.807) is 12.2 Å². The molecule has 0 unspecified atom stereocenters. The summed E-state index contributed by atoms with van der Waals surface area (Å²) >= 11 is 0. The van der Waals surface area contributed by atoms with Gasteiger partial charge < -0.3 is 15.8 Å². The van der Waals surface area contributed by atoms with Crippen molar-refractivity contribution in [1.29, 1.82) is 0 Å². The number of nitrogen functional groups attached to an aromatic ring is 1. The number of morpholine rings is 1. The Labute approximate surface area is 125 Å². The summed E-state index contributed by atoms with van der Waals surface area (Å²) in [5, 5.41) is 2.89. The van der Waals surface area contributed by atoms with Gasteiger partial charge in [0.2, 0.25) is 5.91 Å². The second-order valence-corrected chi connectivity index (χ2v) is 5.10. The summed E-state index contributed by atoms with van der Waals surface area (Å²) in [7, 11) is 0. The molecule has 2 rings (SSSR count). The van der Waals surface area contributed by atoms with E-state index in [2.05, 4.69) is 10.2 Å². The molecule has 0 bridgehead atoms. The molecule has 0 aromatic heterocycles. The van der Waals surface area contributed by atoms with E-state index in [1.165, 1.54) is 0 Å². The summed E-state index contributed by atoms with van der Waals surface area (Å²) in [6.07, 6.45) is 4.27. The molecule has 1 saturated heterocycles. The molecule has 0 atom stereocenters. The molecule has 1 aliphatic heterocycles. The molecule has 0 aliphatic carbocycles. The van der Waals surface area contributed by atoms with Crippen molar-refractivity contribution in [2.24, 2.45) is 0 Å². The van der Waals surface area contributed by atoms with Crippen LogP contribution >= 0.6 is 0 Å². The van der Waals surface area contributed by atoms with E-state index in [4.69, 9.17) is 10.5 Å². The van der Waals surface area contributed by atoms with Crippen LogP contribution in [0.1, 0.15) is 12.0 Å². The maximum absolute atomic E-state index is 11.7. The van der Waals surface area contributed by atoms with Crippen molar-refractivity contribution in [3.63, 3.8) is 0 Å². The molecule has 0 radical (unpaired) electrons. The van der Waals surface area contributed by atoms with Crippen LogP contribution in [0.25, 0.3) is 6.08 Å². The van der Waals surface area contributed by atoms with Gasteiger partial charge in [-0.25, -0.2) is 0 Å². The number of rotatable bonds is 6. The number of carbonyl (C=O) groups is 1. The average molecular weight is 289 g/mol. The Hall–Kier alpha value is -1.85. The minimum absolute atomic E-state index is 0.0700. The first kappa shape index (κ1) is 15.5. The highest BCUT2D eigenvalue weighted by Crippen LogP contribution is 2.07. The van der Waals surface area contributed by atoms with Crippen LogP contribution in [0.15, 0.2) is 30.3 Å². The van der Waals surface area contributed by atoms with Gasteiger partial charge in [0.05, 0.1) is 13.2 Å². The highest BCUT2D eigenvalue weighted by Gasteiger charge is 2.09. The van der Waals surface area contributed by atoms with Crippen molar-refractivity contribution in [1.82, 2.24) is 10.2 Å². The van der Waals surface area contributed by atoms with E-state index in [0.717, 1.165) is 44.8 Å². The van der Waals surface area contributed by atoms with Gasteiger partial charge in [0.25, 0.3) is 0 Å². The summed E-state index contributed by atoms with van der Waals surface area (Å²) in [6.45, 7) is 5.30. The number of amides is 1. The number of anilines is 1. The van der Waals surface area contributed by atoms with Crippen molar-refractivity contribution < 1.29 is 9.53 Å². The predicted molar refractivity (Wildman–Crippen MR) is 84.8 cm³/mol. The van der Waals surface area contributed by atoms with Crippen molar-refractivity contribution >= 4 is 17.7 Å². The number of hydrogen-bond acceptors (Lipinski definition) is 4. The highest BCUT2D eigenvalue weighted by molar-refractivity contribution is 5.91. The Bertz CT molecular complexity index is 482. The van der Waals surface area contributed by atoms with Crippen LogP contribution in [0.5, 0.6) is 0 Å². The fourth-order valence-electron chi connectivity index (χ4n) is 2.23. The SMILES string of the molecule is Nc1cccc(/C=C/C(=O)NCCCN2CCOCC2)c1. The second kappa shape index (κ2) is 8.44. The lowest BCUT2D eigenvalue weighted by Gasteiger charge is -2.26. The third-order valence-electron chi connectivity index (χ3n) is 3.39. The van der Waals surface area contributed by atoms with Crippen LogP contribution in [0.2, 0.25) is 0 Å². The largest absolute Gasteiger partial charge is 0.399 e. The summed E-state index contributed by atoms with van der Waals surface area (Å²) in [4.78, 5) is 14.0. The zero-order valence-corrected chi connectivity index (χ0v) is 12.3. The van der Waals surface area contributed by atoms with Crippen molar-refractivity contribution in [2.45, 2.75) is 6.42 Å². The number of nitrogens with two attached hydrogens (primary N) is 1. The fraction of sp³-hybridized carbons (Fsp3) is 0.438. The van der Waals surface area contributed by atoms with Crippen molar-refractivity contribution in [3.05, 3.63) is 35.9 Å². The molecule has 1 amide bonds. The molecular formula is C16H23N3O2. The zero-order chi connectivity index (χ0) is 14.9. The molecule has 0 saturated carbocycles. The Morgan fingerprint density at radius 3 is 2.95 bits per heavy atom. The molecule has 3 N–H and O–H groups in total. The van der Waals surface area contributed by atoms with Gasteiger partial charge >= 0.3 is 0 Å². The molecule has 1 fully saturated rings. The van der Waals surface area contributed by atoms with Gasteiger partial charge in [0.15, 0.2) is 0 Å². The molecule has 1 aliphatic rings. The quantitative estimate of drug-likeness (QED) is 0.468. The number of carbonyl (C=O) groups excluding carboxylic acids is 1. The van der Waals surface area contributed by atoms with Crippen LogP contribution in [0, 0.1) is 0 Å². The predicted octanol–water partition coefficient (Wildman–Crippen LogP) is 1.12. The van der Waals surface area contributed by atoms with Gasteiger partial charge in [-0.2, -0.15) is 0 Å². The number of ether oxygens (including phenoxy) is 1.